The summed E-state index contributed by atoms with van der Waals surface area (Å²) in [6.45, 7) is 1.26. The molecule has 0 atom stereocenters. The van der Waals surface area contributed by atoms with Crippen molar-refractivity contribution in [3.63, 3.8) is 0 Å². The van der Waals surface area contributed by atoms with Crippen molar-refractivity contribution in [3.8, 4) is 0 Å². The molecule has 0 unspecified atom stereocenters. The summed E-state index contributed by atoms with van der Waals surface area (Å²) in [5, 5.41) is 8.52. The van der Waals surface area contributed by atoms with Gasteiger partial charge in [0, 0.05) is 23.7 Å². The van der Waals surface area contributed by atoms with Gasteiger partial charge in [-0.05, 0) is 19.2 Å². The number of thioether (sulfide) groups is 1. The number of halogens is 1. The first-order chi connectivity index (χ1) is 8.09. The molecule has 0 aromatic heterocycles. The number of hydrogen-bond donors (Lipinski definition) is 1. The highest BCUT2D eigenvalue weighted by Crippen LogP contribution is 2.20. The van der Waals surface area contributed by atoms with Crippen molar-refractivity contribution >= 4 is 17.7 Å². The van der Waals surface area contributed by atoms with Crippen LogP contribution in [0, 0.1) is 5.82 Å². The van der Waals surface area contributed by atoms with Crippen molar-refractivity contribution in [1.82, 2.24) is 4.90 Å². The highest BCUT2D eigenvalue weighted by atomic mass is 32.2. The van der Waals surface area contributed by atoms with E-state index < -0.39 is 5.97 Å². The van der Waals surface area contributed by atoms with Gasteiger partial charge in [0.1, 0.15) is 5.82 Å². The number of aliphatic carboxylic acids is 1. The molecule has 1 rings (SSSR count). The molecule has 0 aliphatic heterocycles. The molecule has 0 radical (unpaired) electrons. The molecule has 17 heavy (non-hydrogen) atoms. The Labute approximate surface area is 105 Å². The lowest BCUT2D eigenvalue weighted by Gasteiger charge is -2.14. The molecular formula is C12H16FNO2S. The molecule has 0 aliphatic rings. The summed E-state index contributed by atoms with van der Waals surface area (Å²) in [7, 11) is 1.87. The predicted molar refractivity (Wildman–Crippen MR) is 66.9 cm³/mol. The van der Waals surface area contributed by atoms with E-state index in [1.807, 2.05) is 11.9 Å². The van der Waals surface area contributed by atoms with Crippen molar-refractivity contribution in [3.05, 3.63) is 30.1 Å². The average molecular weight is 257 g/mol. The van der Waals surface area contributed by atoms with Crippen molar-refractivity contribution in [1.29, 1.82) is 0 Å². The first kappa shape index (κ1) is 14.0. The van der Waals surface area contributed by atoms with Gasteiger partial charge in [-0.25, -0.2) is 4.39 Å². The zero-order chi connectivity index (χ0) is 12.7. The molecule has 0 amide bonds. The lowest BCUT2D eigenvalue weighted by Crippen LogP contribution is -2.24. The van der Waals surface area contributed by atoms with Crippen LogP contribution in [0.4, 0.5) is 4.39 Å². The van der Waals surface area contributed by atoms with Gasteiger partial charge in [-0.15, -0.1) is 11.8 Å². The van der Waals surface area contributed by atoms with Crippen LogP contribution in [0.1, 0.15) is 6.42 Å². The minimum Gasteiger partial charge on any atom is -0.481 e. The highest BCUT2D eigenvalue weighted by Gasteiger charge is 2.04. The van der Waals surface area contributed by atoms with E-state index in [2.05, 4.69) is 0 Å². The third-order valence-electron chi connectivity index (χ3n) is 2.27. The zero-order valence-corrected chi connectivity index (χ0v) is 10.5. The Kier molecular flexibility index (Phi) is 6.00. The van der Waals surface area contributed by atoms with E-state index >= 15 is 0 Å². The number of carboxylic acids is 1. The maximum absolute atomic E-state index is 13.3. The summed E-state index contributed by atoms with van der Waals surface area (Å²) in [6, 6.07) is 6.66. The maximum Gasteiger partial charge on any atom is 0.304 e. The van der Waals surface area contributed by atoms with Gasteiger partial charge in [0.15, 0.2) is 0 Å². The molecule has 0 saturated carbocycles. The molecule has 0 fully saturated rings. The summed E-state index contributed by atoms with van der Waals surface area (Å²) in [5.41, 5.74) is 0. The Morgan fingerprint density at radius 2 is 2.12 bits per heavy atom. The largest absolute Gasteiger partial charge is 0.481 e. The SMILES string of the molecule is CN(CCSc1ccccc1F)CCC(=O)O. The summed E-state index contributed by atoms with van der Waals surface area (Å²) in [5.74, 6) is -0.249. The fourth-order valence-corrected chi connectivity index (χ4v) is 2.28. The van der Waals surface area contributed by atoms with Gasteiger partial charge < -0.3 is 10.0 Å². The number of nitrogens with zero attached hydrogens (tertiary/aromatic N) is 1. The Morgan fingerprint density at radius 1 is 1.41 bits per heavy atom. The normalized spacial score (nSPS) is 10.8. The molecule has 0 spiro atoms. The summed E-state index contributed by atoms with van der Waals surface area (Å²) in [4.78, 5) is 12.9. The summed E-state index contributed by atoms with van der Waals surface area (Å²) < 4.78 is 13.3. The van der Waals surface area contributed by atoms with E-state index in [4.69, 9.17) is 5.11 Å². The lowest BCUT2D eigenvalue weighted by atomic mass is 10.3. The van der Waals surface area contributed by atoms with E-state index in [0.29, 0.717) is 11.4 Å². The van der Waals surface area contributed by atoms with Gasteiger partial charge in [0.2, 0.25) is 0 Å². The van der Waals surface area contributed by atoms with E-state index in [0.717, 1.165) is 12.3 Å². The summed E-state index contributed by atoms with van der Waals surface area (Å²) in [6.07, 6.45) is 0.140. The van der Waals surface area contributed by atoms with Gasteiger partial charge in [0.25, 0.3) is 0 Å². The molecule has 0 aliphatic carbocycles. The van der Waals surface area contributed by atoms with E-state index in [1.165, 1.54) is 17.8 Å². The highest BCUT2D eigenvalue weighted by molar-refractivity contribution is 7.99. The first-order valence-corrected chi connectivity index (χ1v) is 6.36. The second kappa shape index (κ2) is 7.29. The maximum atomic E-state index is 13.3. The lowest BCUT2D eigenvalue weighted by molar-refractivity contribution is -0.137. The van der Waals surface area contributed by atoms with Crippen LogP contribution < -0.4 is 0 Å². The number of carboxylic acid groups (broad SMARTS) is 1. The molecule has 94 valence electrons. The van der Waals surface area contributed by atoms with Crippen LogP contribution in [0.5, 0.6) is 0 Å². The number of carbonyl (C=O) groups is 1. The van der Waals surface area contributed by atoms with Crippen molar-refractivity contribution in [2.75, 3.05) is 25.9 Å². The van der Waals surface area contributed by atoms with Crippen LogP contribution >= 0.6 is 11.8 Å². The Balaban J connectivity index is 2.24. The van der Waals surface area contributed by atoms with E-state index in [9.17, 15) is 9.18 Å². The summed E-state index contributed by atoms with van der Waals surface area (Å²) >= 11 is 1.45. The van der Waals surface area contributed by atoms with Gasteiger partial charge in [-0.1, -0.05) is 12.1 Å². The molecule has 0 bridgehead atoms. The quantitative estimate of drug-likeness (QED) is 0.761. The average Bonchev–Trinajstić information content (AvgIpc) is 2.29. The predicted octanol–water partition coefficient (Wildman–Crippen LogP) is 2.32. The van der Waals surface area contributed by atoms with Crippen LogP contribution in [0.3, 0.4) is 0 Å². The van der Waals surface area contributed by atoms with Gasteiger partial charge in [0.05, 0.1) is 6.42 Å². The smallest absolute Gasteiger partial charge is 0.304 e. The van der Waals surface area contributed by atoms with Crippen LogP contribution in [-0.2, 0) is 4.79 Å². The minimum atomic E-state index is -0.793. The Hall–Kier alpha value is -1.07. The first-order valence-electron chi connectivity index (χ1n) is 5.37. The van der Waals surface area contributed by atoms with Crippen molar-refractivity contribution < 1.29 is 14.3 Å². The van der Waals surface area contributed by atoms with Crippen LogP contribution in [0.15, 0.2) is 29.2 Å². The van der Waals surface area contributed by atoms with Gasteiger partial charge in [-0.2, -0.15) is 0 Å². The Bertz CT molecular complexity index is 373. The van der Waals surface area contributed by atoms with Crippen molar-refractivity contribution in [2.45, 2.75) is 11.3 Å². The fraction of sp³-hybridized carbons (Fsp3) is 0.417. The second-order valence-electron chi connectivity index (χ2n) is 3.73. The van der Waals surface area contributed by atoms with Crippen LogP contribution in [0.25, 0.3) is 0 Å². The van der Waals surface area contributed by atoms with Crippen LogP contribution in [-0.4, -0.2) is 41.9 Å². The standard InChI is InChI=1S/C12H16FNO2S/c1-14(7-6-12(15)16)8-9-17-11-5-3-2-4-10(11)13/h2-5H,6-9H2,1H3,(H,15,16). The van der Waals surface area contributed by atoms with Gasteiger partial charge in [-0.3, -0.25) is 4.79 Å². The molecule has 5 heteroatoms. The van der Waals surface area contributed by atoms with Gasteiger partial charge >= 0.3 is 5.97 Å². The monoisotopic (exact) mass is 257 g/mol. The molecule has 3 nitrogen and oxygen atoms in total. The Morgan fingerprint density at radius 3 is 2.76 bits per heavy atom. The third kappa shape index (κ3) is 5.70. The topological polar surface area (TPSA) is 40.5 Å². The number of hydrogen-bond acceptors (Lipinski definition) is 3. The molecule has 0 heterocycles. The van der Waals surface area contributed by atoms with Crippen LogP contribution in [0.2, 0.25) is 0 Å². The van der Waals surface area contributed by atoms with Crippen molar-refractivity contribution in [2.24, 2.45) is 0 Å². The molecule has 1 aromatic rings. The number of rotatable bonds is 7. The zero-order valence-electron chi connectivity index (χ0n) is 9.73. The number of benzene rings is 1. The van der Waals surface area contributed by atoms with E-state index in [-0.39, 0.29) is 12.2 Å². The third-order valence-corrected chi connectivity index (χ3v) is 3.30. The second-order valence-corrected chi connectivity index (χ2v) is 4.86. The minimum absolute atomic E-state index is 0.140. The molecule has 1 aromatic carbocycles. The molecule has 1 N–H and O–H groups in total. The fourth-order valence-electron chi connectivity index (χ4n) is 1.27. The van der Waals surface area contributed by atoms with E-state index in [1.54, 1.807) is 18.2 Å². The molecule has 0 saturated heterocycles. The molecular weight excluding hydrogens is 241 g/mol.